The molecular formula is C14H11N3O2S. The van der Waals surface area contributed by atoms with Gasteiger partial charge in [0.15, 0.2) is 0 Å². The summed E-state index contributed by atoms with van der Waals surface area (Å²) in [4.78, 5) is 19.5. The third-order valence-corrected chi connectivity index (χ3v) is 3.88. The lowest BCUT2D eigenvalue weighted by molar-refractivity contribution is -0.138. The third kappa shape index (κ3) is 2.15. The minimum atomic E-state index is -1.09. The molecule has 3 N–H and O–H groups in total. The molecule has 100 valence electrons. The van der Waals surface area contributed by atoms with E-state index in [1.807, 2.05) is 30.3 Å². The number of carboxylic acid groups (broad SMARTS) is 1. The Morgan fingerprint density at radius 3 is 2.90 bits per heavy atom. The second-order valence-electron chi connectivity index (χ2n) is 4.27. The fourth-order valence-electron chi connectivity index (χ4n) is 1.96. The molecule has 0 bridgehead atoms. The van der Waals surface area contributed by atoms with Crippen LogP contribution in [-0.4, -0.2) is 21.0 Å². The lowest BCUT2D eigenvalue weighted by Crippen LogP contribution is -2.20. The van der Waals surface area contributed by atoms with E-state index in [0.29, 0.717) is 5.69 Å². The second kappa shape index (κ2) is 4.99. The zero-order valence-corrected chi connectivity index (χ0v) is 11.2. The van der Waals surface area contributed by atoms with Gasteiger partial charge in [-0.2, -0.15) is 0 Å². The van der Waals surface area contributed by atoms with Crippen molar-refractivity contribution < 1.29 is 9.90 Å². The minimum absolute atomic E-state index is 0.374. The number of carboxylic acids is 1. The molecule has 0 saturated heterocycles. The van der Waals surface area contributed by atoms with E-state index in [1.165, 1.54) is 11.3 Å². The number of hydrogen-bond donors (Lipinski definition) is 2. The number of hydrogen-bond acceptors (Lipinski definition) is 5. The van der Waals surface area contributed by atoms with Crippen LogP contribution in [0.2, 0.25) is 0 Å². The number of rotatable bonds is 3. The molecule has 0 aliphatic rings. The van der Waals surface area contributed by atoms with Crippen molar-refractivity contribution in [3.8, 4) is 10.6 Å². The van der Waals surface area contributed by atoms with Gasteiger partial charge in [-0.3, -0.25) is 9.78 Å². The molecule has 1 atom stereocenters. The van der Waals surface area contributed by atoms with E-state index >= 15 is 0 Å². The molecule has 3 aromatic rings. The second-order valence-corrected chi connectivity index (χ2v) is 5.13. The average Bonchev–Trinajstić information content (AvgIpc) is 2.95. The maximum Gasteiger partial charge on any atom is 0.326 e. The van der Waals surface area contributed by atoms with Crippen molar-refractivity contribution in [2.24, 2.45) is 5.73 Å². The van der Waals surface area contributed by atoms with Crippen LogP contribution in [0.4, 0.5) is 0 Å². The number of benzene rings is 1. The number of aromatic nitrogens is 2. The van der Waals surface area contributed by atoms with Gasteiger partial charge in [0.1, 0.15) is 11.0 Å². The molecule has 0 fully saturated rings. The lowest BCUT2D eigenvalue weighted by atomic mass is 10.1. The first-order valence-electron chi connectivity index (χ1n) is 5.95. The van der Waals surface area contributed by atoms with Crippen LogP contribution in [0, 0.1) is 0 Å². The highest BCUT2D eigenvalue weighted by atomic mass is 32.1. The summed E-state index contributed by atoms with van der Waals surface area (Å²) >= 11 is 1.38. The van der Waals surface area contributed by atoms with E-state index in [-0.39, 0.29) is 0 Å². The summed E-state index contributed by atoms with van der Waals surface area (Å²) in [5, 5.41) is 12.3. The molecule has 6 heteroatoms. The first-order chi connectivity index (χ1) is 9.66. The monoisotopic (exact) mass is 285 g/mol. The van der Waals surface area contributed by atoms with Gasteiger partial charge >= 0.3 is 5.97 Å². The number of pyridine rings is 1. The zero-order valence-electron chi connectivity index (χ0n) is 10.4. The number of fused-ring (bicyclic) bond motifs is 1. The van der Waals surface area contributed by atoms with Crippen molar-refractivity contribution >= 4 is 28.2 Å². The van der Waals surface area contributed by atoms with Crippen molar-refractivity contribution in [1.82, 2.24) is 9.97 Å². The number of nitrogens with two attached hydrogens (primary N) is 1. The van der Waals surface area contributed by atoms with E-state index in [1.54, 1.807) is 11.6 Å². The van der Waals surface area contributed by atoms with Crippen LogP contribution in [-0.2, 0) is 4.79 Å². The lowest BCUT2D eigenvalue weighted by Gasteiger charge is -2.03. The Bertz CT molecular complexity index is 779. The Labute approximate surface area is 118 Å². The van der Waals surface area contributed by atoms with Crippen molar-refractivity contribution in [2.75, 3.05) is 0 Å². The fourth-order valence-corrected chi connectivity index (χ4v) is 2.86. The van der Waals surface area contributed by atoms with Gasteiger partial charge in [-0.25, -0.2) is 4.98 Å². The van der Waals surface area contributed by atoms with E-state index in [4.69, 9.17) is 10.8 Å². The van der Waals surface area contributed by atoms with Crippen molar-refractivity contribution in [1.29, 1.82) is 0 Å². The third-order valence-electron chi connectivity index (χ3n) is 2.99. The van der Waals surface area contributed by atoms with E-state index in [2.05, 4.69) is 9.97 Å². The molecule has 0 spiro atoms. The number of aliphatic carboxylic acids is 1. The molecule has 0 amide bonds. The van der Waals surface area contributed by atoms with Gasteiger partial charge in [-0.05, 0) is 12.1 Å². The fraction of sp³-hybridized carbons (Fsp3) is 0.0714. The molecule has 0 aliphatic heterocycles. The summed E-state index contributed by atoms with van der Waals surface area (Å²) in [6.45, 7) is 0. The van der Waals surface area contributed by atoms with Gasteiger partial charge in [0.25, 0.3) is 0 Å². The molecule has 3 rings (SSSR count). The Morgan fingerprint density at radius 1 is 1.30 bits per heavy atom. The normalized spacial score (nSPS) is 12.4. The molecule has 0 aliphatic carbocycles. The van der Waals surface area contributed by atoms with Crippen molar-refractivity contribution in [2.45, 2.75) is 6.04 Å². The van der Waals surface area contributed by atoms with Crippen molar-refractivity contribution in [3.05, 3.63) is 47.6 Å². The smallest absolute Gasteiger partial charge is 0.326 e. The SMILES string of the molecule is NC(C(=O)O)c1csc(-c2ccnc3ccccc23)n1. The maximum absolute atomic E-state index is 10.9. The molecular weight excluding hydrogens is 274 g/mol. The Balaban J connectivity index is 2.10. The Morgan fingerprint density at radius 2 is 2.10 bits per heavy atom. The molecule has 1 aromatic carbocycles. The summed E-state index contributed by atoms with van der Waals surface area (Å²) in [7, 11) is 0. The predicted molar refractivity (Wildman–Crippen MR) is 77.4 cm³/mol. The topological polar surface area (TPSA) is 89.1 Å². The highest BCUT2D eigenvalue weighted by Crippen LogP contribution is 2.30. The largest absolute Gasteiger partial charge is 0.480 e. The van der Waals surface area contributed by atoms with Gasteiger partial charge in [-0.15, -0.1) is 11.3 Å². The Kier molecular flexibility index (Phi) is 3.17. The van der Waals surface area contributed by atoms with E-state index in [0.717, 1.165) is 21.5 Å². The molecule has 20 heavy (non-hydrogen) atoms. The minimum Gasteiger partial charge on any atom is -0.480 e. The molecule has 1 unspecified atom stereocenters. The van der Waals surface area contributed by atoms with Crippen LogP contribution < -0.4 is 5.73 Å². The van der Waals surface area contributed by atoms with Crippen LogP contribution in [0.15, 0.2) is 41.9 Å². The summed E-state index contributed by atoms with van der Waals surface area (Å²) in [6, 6.07) is 8.54. The highest BCUT2D eigenvalue weighted by molar-refractivity contribution is 7.13. The molecule has 2 aromatic heterocycles. The summed E-state index contributed by atoms with van der Waals surface area (Å²) in [5.41, 5.74) is 7.76. The number of carbonyl (C=O) groups is 1. The molecule has 0 saturated carbocycles. The average molecular weight is 285 g/mol. The van der Waals surface area contributed by atoms with Crippen LogP contribution in [0.5, 0.6) is 0 Å². The van der Waals surface area contributed by atoms with Gasteiger partial charge in [-0.1, -0.05) is 18.2 Å². The Hall–Kier alpha value is -2.31. The summed E-state index contributed by atoms with van der Waals surface area (Å²) in [6.07, 6.45) is 1.72. The van der Waals surface area contributed by atoms with Crippen LogP contribution in [0.1, 0.15) is 11.7 Å². The predicted octanol–water partition coefficient (Wildman–Crippen LogP) is 2.44. The van der Waals surface area contributed by atoms with Crippen molar-refractivity contribution in [3.63, 3.8) is 0 Å². The summed E-state index contributed by atoms with van der Waals surface area (Å²) < 4.78 is 0. The van der Waals surface area contributed by atoms with Crippen LogP contribution in [0.25, 0.3) is 21.5 Å². The van der Waals surface area contributed by atoms with E-state index in [9.17, 15) is 4.79 Å². The summed E-state index contributed by atoms with van der Waals surface area (Å²) in [5.74, 6) is -1.08. The van der Waals surface area contributed by atoms with Gasteiger partial charge in [0.2, 0.25) is 0 Å². The maximum atomic E-state index is 10.9. The van der Waals surface area contributed by atoms with Crippen LogP contribution in [0.3, 0.4) is 0 Å². The van der Waals surface area contributed by atoms with Gasteiger partial charge < -0.3 is 10.8 Å². The molecule has 2 heterocycles. The molecule has 0 radical (unpaired) electrons. The van der Waals surface area contributed by atoms with Crippen LogP contribution >= 0.6 is 11.3 Å². The highest BCUT2D eigenvalue weighted by Gasteiger charge is 2.18. The first-order valence-corrected chi connectivity index (χ1v) is 6.82. The van der Waals surface area contributed by atoms with E-state index < -0.39 is 12.0 Å². The number of thiazole rings is 1. The number of nitrogens with zero attached hydrogens (tertiary/aromatic N) is 2. The first kappa shape index (κ1) is 12.7. The standard InChI is InChI=1S/C14H11N3O2S/c15-12(14(18)19)11-7-20-13(17-11)9-5-6-16-10-4-2-1-3-8(9)10/h1-7,12H,15H2,(H,18,19). The van der Waals surface area contributed by atoms with Gasteiger partial charge in [0.05, 0.1) is 11.2 Å². The quantitative estimate of drug-likeness (QED) is 0.771. The molecule has 5 nitrogen and oxygen atoms in total. The zero-order chi connectivity index (χ0) is 14.1. The van der Waals surface area contributed by atoms with Gasteiger partial charge in [0, 0.05) is 22.5 Å². The number of para-hydroxylation sites is 1.